The standard InChI is InChI=1S/C12H20N2OS/c1-3-6-13-10(2)11-4-5-12(14-9-11)16-8-7-15/h4-5,9-10,13,15H,3,6-8H2,1-2H3. The van der Waals surface area contributed by atoms with Crippen molar-refractivity contribution in [1.29, 1.82) is 0 Å². The van der Waals surface area contributed by atoms with Gasteiger partial charge in [0.1, 0.15) is 0 Å². The van der Waals surface area contributed by atoms with Gasteiger partial charge in [0.05, 0.1) is 11.6 Å². The van der Waals surface area contributed by atoms with E-state index in [-0.39, 0.29) is 6.61 Å². The van der Waals surface area contributed by atoms with Gasteiger partial charge in [-0.25, -0.2) is 4.98 Å². The Morgan fingerprint density at radius 2 is 2.31 bits per heavy atom. The number of aromatic nitrogens is 1. The first-order chi connectivity index (χ1) is 7.77. The van der Waals surface area contributed by atoms with E-state index < -0.39 is 0 Å². The fourth-order valence-electron chi connectivity index (χ4n) is 1.36. The van der Waals surface area contributed by atoms with Crippen molar-refractivity contribution >= 4 is 11.8 Å². The SMILES string of the molecule is CCCNC(C)c1ccc(SCCO)nc1. The number of nitrogens with zero attached hydrogens (tertiary/aromatic N) is 1. The maximum atomic E-state index is 8.71. The van der Waals surface area contributed by atoms with Crippen LogP contribution in [0, 0.1) is 0 Å². The lowest BCUT2D eigenvalue weighted by molar-refractivity contribution is 0.322. The van der Waals surface area contributed by atoms with Crippen LogP contribution in [-0.4, -0.2) is 29.0 Å². The summed E-state index contributed by atoms with van der Waals surface area (Å²) < 4.78 is 0. The van der Waals surface area contributed by atoms with Gasteiger partial charge in [0.2, 0.25) is 0 Å². The summed E-state index contributed by atoms with van der Waals surface area (Å²) in [7, 11) is 0. The minimum absolute atomic E-state index is 0.197. The normalized spacial score (nSPS) is 12.7. The molecule has 1 aromatic heterocycles. The van der Waals surface area contributed by atoms with Crippen molar-refractivity contribution in [1.82, 2.24) is 10.3 Å². The van der Waals surface area contributed by atoms with Crippen LogP contribution in [0.5, 0.6) is 0 Å². The largest absolute Gasteiger partial charge is 0.396 e. The number of aliphatic hydroxyl groups is 1. The van der Waals surface area contributed by atoms with Gasteiger partial charge >= 0.3 is 0 Å². The molecule has 0 aliphatic heterocycles. The lowest BCUT2D eigenvalue weighted by Gasteiger charge is -2.13. The fraction of sp³-hybridized carbons (Fsp3) is 0.583. The molecule has 1 atom stereocenters. The number of rotatable bonds is 7. The monoisotopic (exact) mass is 240 g/mol. The molecule has 1 heterocycles. The molecule has 2 N–H and O–H groups in total. The summed E-state index contributed by atoms with van der Waals surface area (Å²) in [4.78, 5) is 4.36. The molecule has 0 amide bonds. The van der Waals surface area contributed by atoms with Crippen molar-refractivity contribution in [3.63, 3.8) is 0 Å². The highest BCUT2D eigenvalue weighted by molar-refractivity contribution is 7.99. The van der Waals surface area contributed by atoms with E-state index in [1.807, 2.05) is 12.3 Å². The molecule has 0 saturated heterocycles. The Labute approximate surface area is 102 Å². The van der Waals surface area contributed by atoms with Gasteiger partial charge in [0.15, 0.2) is 0 Å². The Morgan fingerprint density at radius 1 is 1.50 bits per heavy atom. The predicted molar refractivity (Wildman–Crippen MR) is 68.8 cm³/mol. The molecule has 0 aromatic carbocycles. The van der Waals surface area contributed by atoms with Crippen molar-refractivity contribution in [2.24, 2.45) is 0 Å². The van der Waals surface area contributed by atoms with Crippen LogP contribution in [0.25, 0.3) is 0 Å². The van der Waals surface area contributed by atoms with Gasteiger partial charge in [0.25, 0.3) is 0 Å². The van der Waals surface area contributed by atoms with Crippen LogP contribution in [0.3, 0.4) is 0 Å². The molecule has 0 aliphatic carbocycles. The Hall–Kier alpha value is -0.580. The Balaban J connectivity index is 2.49. The summed E-state index contributed by atoms with van der Waals surface area (Å²) in [5.74, 6) is 0.704. The number of nitrogens with one attached hydrogen (secondary N) is 1. The third kappa shape index (κ3) is 4.51. The van der Waals surface area contributed by atoms with Gasteiger partial charge < -0.3 is 10.4 Å². The summed E-state index contributed by atoms with van der Waals surface area (Å²) in [6.45, 7) is 5.53. The molecule has 90 valence electrons. The summed E-state index contributed by atoms with van der Waals surface area (Å²) in [5, 5.41) is 13.1. The van der Waals surface area contributed by atoms with Gasteiger partial charge in [-0.3, -0.25) is 0 Å². The molecule has 1 aromatic rings. The van der Waals surface area contributed by atoms with Crippen molar-refractivity contribution in [2.45, 2.75) is 31.3 Å². The summed E-state index contributed by atoms with van der Waals surface area (Å²) in [6, 6.07) is 4.46. The number of aliphatic hydroxyl groups excluding tert-OH is 1. The first kappa shape index (κ1) is 13.5. The number of pyridine rings is 1. The van der Waals surface area contributed by atoms with Crippen LogP contribution in [-0.2, 0) is 0 Å². The number of hydrogen-bond acceptors (Lipinski definition) is 4. The maximum Gasteiger partial charge on any atom is 0.0960 e. The second-order valence-corrected chi connectivity index (χ2v) is 4.79. The molecular weight excluding hydrogens is 220 g/mol. The fourth-order valence-corrected chi connectivity index (χ4v) is 1.95. The molecule has 0 saturated carbocycles. The molecule has 0 fully saturated rings. The smallest absolute Gasteiger partial charge is 0.0960 e. The highest BCUT2D eigenvalue weighted by atomic mass is 32.2. The van der Waals surface area contributed by atoms with Gasteiger partial charge in [-0.15, -0.1) is 11.8 Å². The lowest BCUT2D eigenvalue weighted by Crippen LogP contribution is -2.19. The topological polar surface area (TPSA) is 45.1 Å². The van der Waals surface area contributed by atoms with Crippen molar-refractivity contribution in [2.75, 3.05) is 18.9 Å². The Bertz CT molecular complexity index is 290. The highest BCUT2D eigenvalue weighted by Gasteiger charge is 2.04. The second kappa shape index (κ2) is 7.65. The van der Waals surface area contributed by atoms with Crippen LogP contribution in [0.15, 0.2) is 23.4 Å². The zero-order valence-electron chi connectivity index (χ0n) is 9.94. The third-order valence-electron chi connectivity index (χ3n) is 2.30. The molecule has 1 rings (SSSR count). The van der Waals surface area contributed by atoms with Crippen LogP contribution >= 0.6 is 11.8 Å². The maximum absolute atomic E-state index is 8.71. The van der Waals surface area contributed by atoms with Crippen LogP contribution < -0.4 is 5.32 Å². The molecule has 1 unspecified atom stereocenters. The summed E-state index contributed by atoms with van der Waals surface area (Å²) >= 11 is 1.58. The van der Waals surface area contributed by atoms with Crippen molar-refractivity contribution in [3.05, 3.63) is 23.9 Å². The molecule has 16 heavy (non-hydrogen) atoms. The minimum atomic E-state index is 0.197. The van der Waals surface area contributed by atoms with Crippen molar-refractivity contribution < 1.29 is 5.11 Å². The molecular formula is C12H20N2OS. The second-order valence-electron chi connectivity index (χ2n) is 3.68. The van der Waals surface area contributed by atoms with Gasteiger partial charge in [0, 0.05) is 18.0 Å². The zero-order chi connectivity index (χ0) is 11.8. The van der Waals surface area contributed by atoms with Crippen molar-refractivity contribution in [3.8, 4) is 0 Å². The molecule has 0 radical (unpaired) electrons. The average molecular weight is 240 g/mol. The molecule has 4 heteroatoms. The Morgan fingerprint density at radius 3 is 2.88 bits per heavy atom. The van der Waals surface area contributed by atoms with E-state index in [0.29, 0.717) is 11.8 Å². The summed E-state index contributed by atoms with van der Waals surface area (Å²) in [5.41, 5.74) is 1.21. The predicted octanol–water partition coefficient (Wildman–Crippen LogP) is 2.23. The van der Waals surface area contributed by atoms with E-state index in [9.17, 15) is 0 Å². The van der Waals surface area contributed by atoms with E-state index in [2.05, 4.69) is 30.2 Å². The third-order valence-corrected chi connectivity index (χ3v) is 3.22. The van der Waals surface area contributed by atoms with Crippen LogP contribution in [0.1, 0.15) is 31.9 Å². The molecule has 0 aliphatic rings. The quantitative estimate of drug-likeness (QED) is 0.717. The van der Waals surface area contributed by atoms with E-state index in [4.69, 9.17) is 5.11 Å². The number of hydrogen-bond donors (Lipinski definition) is 2. The lowest BCUT2D eigenvalue weighted by atomic mass is 10.1. The Kier molecular flexibility index (Phi) is 6.45. The summed E-state index contributed by atoms with van der Waals surface area (Å²) in [6.07, 6.45) is 3.05. The van der Waals surface area contributed by atoms with E-state index >= 15 is 0 Å². The molecule has 0 bridgehead atoms. The average Bonchev–Trinajstić information content (AvgIpc) is 2.34. The van der Waals surface area contributed by atoms with Gasteiger partial charge in [-0.2, -0.15) is 0 Å². The molecule has 3 nitrogen and oxygen atoms in total. The molecule has 0 spiro atoms. The van der Waals surface area contributed by atoms with E-state index in [1.54, 1.807) is 11.8 Å². The van der Waals surface area contributed by atoms with E-state index in [1.165, 1.54) is 5.56 Å². The van der Waals surface area contributed by atoms with Crippen LogP contribution in [0.2, 0.25) is 0 Å². The van der Waals surface area contributed by atoms with Gasteiger partial charge in [-0.1, -0.05) is 13.0 Å². The number of thioether (sulfide) groups is 1. The van der Waals surface area contributed by atoms with E-state index in [0.717, 1.165) is 18.0 Å². The minimum Gasteiger partial charge on any atom is -0.396 e. The highest BCUT2D eigenvalue weighted by Crippen LogP contribution is 2.17. The van der Waals surface area contributed by atoms with Gasteiger partial charge in [-0.05, 0) is 31.5 Å². The zero-order valence-corrected chi connectivity index (χ0v) is 10.8. The van der Waals surface area contributed by atoms with Crippen LogP contribution in [0.4, 0.5) is 0 Å². The first-order valence-corrected chi connectivity index (χ1v) is 6.69. The first-order valence-electron chi connectivity index (χ1n) is 5.71.